The van der Waals surface area contributed by atoms with Gasteiger partial charge >= 0.3 is 0 Å². The first kappa shape index (κ1) is 11.9. The van der Waals surface area contributed by atoms with Crippen molar-refractivity contribution in [2.75, 3.05) is 12.8 Å². The molecule has 1 heterocycles. The predicted molar refractivity (Wildman–Crippen MR) is 57.6 cm³/mol. The second-order valence-electron chi connectivity index (χ2n) is 3.08. The van der Waals surface area contributed by atoms with E-state index in [0.717, 1.165) is 16.9 Å². The molecule has 0 spiro atoms. The van der Waals surface area contributed by atoms with E-state index in [1.807, 2.05) is 13.0 Å². The highest BCUT2D eigenvalue weighted by molar-refractivity contribution is 5.50. The smallest absolute Gasteiger partial charge is 0.0660 e. The maximum atomic E-state index is 5.82. The van der Waals surface area contributed by atoms with E-state index in [1.54, 1.807) is 6.20 Å². The van der Waals surface area contributed by atoms with Crippen molar-refractivity contribution in [1.29, 1.82) is 0 Å². The molecule has 0 saturated carbocycles. The molecule has 0 aromatic carbocycles. The molecule has 1 rings (SSSR count). The van der Waals surface area contributed by atoms with E-state index in [-0.39, 0.29) is 0 Å². The van der Waals surface area contributed by atoms with E-state index in [4.69, 9.17) is 5.73 Å². The molecule has 0 amide bonds. The summed E-state index contributed by atoms with van der Waals surface area (Å²) in [5.74, 6) is 0.412. The topological polar surface area (TPSA) is 64.9 Å². The molecular formula is C10H19N3. The van der Waals surface area contributed by atoms with Crippen LogP contribution in [0.3, 0.4) is 0 Å². The number of hydrogen-bond acceptors (Lipinski definition) is 3. The Morgan fingerprint density at radius 1 is 1.31 bits per heavy atom. The Hall–Kier alpha value is -1.09. The molecule has 0 aliphatic carbocycles. The van der Waals surface area contributed by atoms with Crippen LogP contribution in [0.2, 0.25) is 0 Å². The lowest BCUT2D eigenvalue weighted by Gasteiger charge is -2.09. The Morgan fingerprint density at radius 3 is 2.23 bits per heavy atom. The summed E-state index contributed by atoms with van der Waals surface area (Å²) in [6.45, 7) is 6.19. The van der Waals surface area contributed by atoms with Crippen LogP contribution in [-0.2, 0) is 0 Å². The van der Waals surface area contributed by atoms with Gasteiger partial charge in [0.1, 0.15) is 0 Å². The lowest BCUT2D eigenvalue weighted by Crippen LogP contribution is -2.01. The first-order chi connectivity index (χ1) is 6.13. The number of aromatic nitrogens is 1. The lowest BCUT2D eigenvalue weighted by atomic mass is 10.1. The molecule has 0 atom stereocenters. The van der Waals surface area contributed by atoms with E-state index < -0.39 is 0 Å². The van der Waals surface area contributed by atoms with Crippen molar-refractivity contribution in [3.05, 3.63) is 23.5 Å². The minimum Gasteiger partial charge on any atom is -0.397 e. The Morgan fingerprint density at radius 2 is 1.85 bits per heavy atom. The third-order valence-electron chi connectivity index (χ3n) is 1.79. The quantitative estimate of drug-likeness (QED) is 0.692. The minimum atomic E-state index is 0.412. The van der Waals surface area contributed by atoms with Crippen LogP contribution in [-0.4, -0.2) is 12.0 Å². The van der Waals surface area contributed by atoms with E-state index in [1.165, 1.54) is 7.05 Å². The molecule has 0 unspecified atom stereocenters. The van der Waals surface area contributed by atoms with Gasteiger partial charge in [-0.05, 0) is 31.5 Å². The molecule has 1 aromatic heterocycles. The van der Waals surface area contributed by atoms with Gasteiger partial charge in [-0.2, -0.15) is 0 Å². The highest BCUT2D eigenvalue weighted by Crippen LogP contribution is 2.21. The van der Waals surface area contributed by atoms with E-state index in [2.05, 4.69) is 24.6 Å². The molecule has 0 saturated heterocycles. The average Bonchev–Trinajstić information content (AvgIpc) is 2.13. The summed E-state index contributed by atoms with van der Waals surface area (Å²) in [6.07, 6.45) is 1.81. The van der Waals surface area contributed by atoms with Crippen molar-refractivity contribution in [3.8, 4) is 0 Å². The van der Waals surface area contributed by atoms with Crippen LogP contribution in [0.15, 0.2) is 12.3 Å². The average molecular weight is 181 g/mol. The third-order valence-corrected chi connectivity index (χ3v) is 1.79. The van der Waals surface area contributed by atoms with Crippen LogP contribution in [0.5, 0.6) is 0 Å². The monoisotopic (exact) mass is 181 g/mol. The highest BCUT2D eigenvalue weighted by Gasteiger charge is 2.05. The van der Waals surface area contributed by atoms with Crippen molar-refractivity contribution in [3.63, 3.8) is 0 Å². The van der Waals surface area contributed by atoms with Gasteiger partial charge in [0.15, 0.2) is 0 Å². The number of aryl methyl sites for hydroxylation is 1. The van der Waals surface area contributed by atoms with E-state index in [0.29, 0.717) is 5.92 Å². The number of nitrogens with zero attached hydrogens (tertiary/aromatic N) is 1. The Labute approximate surface area is 80.2 Å². The first-order valence-electron chi connectivity index (χ1n) is 4.41. The molecule has 0 fully saturated rings. The van der Waals surface area contributed by atoms with E-state index in [9.17, 15) is 0 Å². The zero-order valence-corrected chi connectivity index (χ0v) is 8.83. The number of nitrogen functional groups attached to an aromatic ring is 1. The molecule has 0 radical (unpaired) electrons. The summed E-state index contributed by atoms with van der Waals surface area (Å²) in [5, 5.41) is 0. The van der Waals surface area contributed by atoms with Gasteiger partial charge in [0.25, 0.3) is 0 Å². The van der Waals surface area contributed by atoms with Crippen LogP contribution < -0.4 is 11.5 Å². The molecule has 1 aromatic rings. The van der Waals surface area contributed by atoms with Gasteiger partial charge in [0.05, 0.1) is 11.4 Å². The SMILES string of the molecule is CN.Cc1ccnc(C(C)C)c1N. The lowest BCUT2D eigenvalue weighted by molar-refractivity contribution is 0.825. The number of nitrogens with two attached hydrogens (primary N) is 2. The van der Waals surface area contributed by atoms with Gasteiger partial charge in [-0.3, -0.25) is 4.98 Å². The minimum absolute atomic E-state index is 0.412. The zero-order chi connectivity index (χ0) is 10.4. The Kier molecular flexibility index (Phi) is 5.07. The van der Waals surface area contributed by atoms with Crippen LogP contribution in [0, 0.1) is 6.92 Å². The zero-order valence-electron chi connectivity index (χ0n) is 8.83. The fourth-order valence-electron chi connectivity index (χ4n) is 1.05. The van der Waals surface area contributed by atoms with Crippen molar-refractivity contribution in [2.45, 2.75) is 26.7 Å². The fraction of sp³-hybridized carbons (Fsp3) is 0.500. The maximum Gasteiger partial charge on any atom is 0.0660 e. The highest BCUT2D eigenvalue weighted by atomic mass is 14.7. The van der Waals surface area contributed by atoms with Crippen LogP contribution >= 0.6 is 0 Å². The number of hydrogen-bond donors (Lipinski definition) is 2. The van der Waals surface area contributed by atoms with Gasteiger partial charge in [-0.25, -0.2) is 0 Å². The largest absolute Gasteiger partial charge is 0.397 e. The summed E-state index contributed by atoms with van der Waals surface area (Å²) < 4.78 is 0. The molecule has 4 N–H and O–H groups in total. The van der Waals surface area contributed by atoms with Crippen LogP contribution in [0.25, 0.3) is 0 Å². The standard InChI is InChI=1S/C9H14N2.CH5N/c1-6(2)9-8(10)7(3)4-5-11-9;1-2/h4-6H,10H2,1-3H3;2H2,1H3. The van der Waals surface area contributed by atoms with Crippen molar-refractivity contribution in [2.24, 2.45) is 5.73 Å². The molecule has 3 heteroatoms. The summed E-state index contributed by atoms with van der Waals surface area (Å²) in [5.41, 5.74) is 13.3. The summed E-state index contributed by atoms with van der Waals surface area (Å²) in [7, 11) is 1.50. The van der Waals surface area contributed by atoms with Gasteiger partial charge in [0, 0.05) is 6.20 Å². The van der Waals surface area contributed by atoms with E-state index >= 15 is 0 Å². The number of pyridine rings is 1. The van der Waals surface area contributed by atoms with Crippen LogP contribution in [0.4, 0.5) is 5.69 Å². The normalized spacial score (nSPS) is 9.38. The van der Waals surface area contributed by atoms with Crippen molar-refractivity contribution < 1.29 is 0 Å². The first-order valence-corrected chi connectivity index (χ1v) is 4.41. The van der Waals surface area contributed by atoms with Crippen molar-refractivity contribution in [1.82, 2.24) is 4.98 Å². The predicted octanol–water partition coefficient (Wildman–Crippen LogP) is 1.67. The molecule has 0 aliphatic heterocycles. The fourth-order valence-corrected chi connectivity index (χ4v) is 1.05. The molecule has 0 bridgehead atoms. The molecule has 13 heavy (non-hydrogen) atoms. The Bertz CT molecular complexity index is 256. The third kappa shape index (κ3) is 3.03. The van der Waals surface area contributed by atoms with Crippen LogP contribution in [0.1, 0.15) is 31.0 Å². The van der Waals surface area contributed by atoms with Crippen molar-refractivity contribution >= 4 is 5.69 Å². The van der Waals surface area contributed by atoms with Gasteiger partial charge < -0.3 is 11.5 Å². The van der Waals surface area contributed by atoms with Gasteiger partial charge in [-0.15, -0.1) is 0 Å². The second kappa shape index (κ2) is 5.54. The summed E-state index contributed by atoms with van der Waals surface area (Å²) in [6, 6.07) is 1.93. The molecule has 74 valence electrons. The maximum absolute atomic E-state index is 5.82. The second-order valence-corrected chi connectivity index (χ2v) is 3.08. The molecular weight excluding hydrogens is 162 g/mol. The number of rotatable bonds is 1. The summed E-state index contributed by atoms with van der Waals surface area (Å²) >= 11 is 0. The molecule has 0 aliphatic rings. The Balaban J connectivity index is 0.000000671. The van der Waals surface area contributed by atoms with Gasteiger partial charge in [0.2, 0.25) is 0 Å². The number of anilines is 1. The van der Waals surface area contributed by atoms with Gasteiger partial charge in [-0.1, -0.05) is 13.8 Å². The summed E-state index contributed by atoms with van der Waals surface area (Å²) in [4.78, 5) is 4.21. The molecule has 3 nitrogen and oxygen atoms in total.